The van der Waals surface area contributed by atoms with Crippen LogP contribution in [0.4, 0.5) is 27.1 Å². The van der Waals surface area contributed by atoms with E-state index in [1.807, 2.05) is 24.3 Å². The summed E-state index contributed by atoms with van der Waals surface area (Å²) in [5, 5.41) is 5.64. The molecule has 0 aliphatic carbocycles. The first-order valence-electron chi connectivity index (χ1n) is 11.6. The number of rotatable bonds is 7. The normalized spacial score (nSPS) is 12.6. The number of benzene rings is 3. The lowest BCUT2D eigenvalue weighted by molar-refractivity contribution is -0.137. The number of hydrogen-bond acceptors (Lipinski definition) is 5. The van der Waals surface area contributed by atoms with Crippen LogP contribution in [-0.4, -0.2) is 22.6 Å². The molecule has 3 aromatic carbocycles. The third-order valence-corrected chi connectivity index (χ3v) is 7.08. The summed E-state index contributed by atoms with van der Waals surface area (Å²) in [5.74, 6) is -1.92. The van der Waals surface area contributed by atoms with E-state index in [4.69, 9.17) is 5.73 Å². The molecule has 0 fully saturated rings. The maximum atomic E-state index is 14.1. The summed E-state index contributed by atoms with van der Waals surface area (Å²) in [6, 6.07) is 15.9. The highest BCUT2D eigenvalue weighted by Crippen LogP contribution is 2.40. The Balaban J connectivity index is 1.39. The summed E-state index contributed by atoms with van der Waals surface area (Å²) in [5.41, 5.74) is 7.97. The molecular weight excluding hydrogens is 519 g/mol. The Morgan fingerprint density at radius 3 is 2.37 bits per heavy atom. The van der Waals surface area contributed by atoms with E-state index in [1.165, 1.54) is 29.5 Å². The molecule has 0 saturated carbocycles. The van der Waals surface area contributed by atoms with Gasteiger partial charge >= 0.3 is 6.18 Å². The Kier molecular flexibility index (Phi) is 7.09. The molecule has 0 spiro atoms. The Labute approximate surface area is 219 Å². The summed E-state index contributed by atoms with van der Waals surface area (Å²) < 4.78 is 66.1. The number of anilines is 1. The van der Waals surface area contributed by atoms with Crippen LogP contribution in [0.15, 0.2) is 79.1 Å². The second kappa shape index (κ2) is 10.5. The van der Waals surface area contributed by atoms with Gasteiger partial charge in [-0.1, -0.05) is 35.6 Å². The minimum atomic E-state index is -4.39. The van der Waals surface area contributed by atoms with E-state index >= 15 is 0 Å². The standard InChI is InChI=1S/C28H21F5N4S/c29-23-8-5-18(13-24(23)30)25-26(19-3-4-20-14-35-10-9-17(20)12-19)38-27(37-25)36-15-22(34)11-16-1-6-21(7-2-16)28(31,32)33/h1-10,12-14,22H,11,15,34H2,(H,36,37)/t22-/m1/s1. The van der Waals surface area contributed by atoms with Crippen LogP contribution in [-0.2, 0) is 12.6 Å². The van der Waals surface area contributed by atoms with Crippen LogP contribution < -0.4 is 11.1 Å². The van der Waals surface area contributed by atoms with Crippen molar-refractivity contribution in [1.82, 2.24) is 9.97 Å². The van der Waals surface area contributed by atoms with Crippen molar-refractivity contribution >= 4 is 27.2 Å². The fraction of sp³-hybridized carbons (Fsp3) is 0.143. The van der Waals surface area contributed by atoms with Gasteiger partial charge < -0.3 is 11.1 Å². The largest absolute Gasteiger partial charge is 0.416 e. The average Bonchev–Trinajstić information content (AvgIpc) is 3.33. The number of hydrogen-bond donors (Lipinski definition) is 2. The molecule has 0 bridgehead atoms. The summed E-state index contributed by atoms with van der Waals surface area (Å²) in [6.07, 6.45) is -0.580. The molecule has 0 radical (unpaired) electrons. The molecule has 0 aliphatic heterocycles. The van der Waals surface area contributed by atoms with Gasteiger partial charge in [0.2, 0.25) is 0 Å². The average molecular weight is 541 g/mol. The van der Waals surface area contributed by atoms with E-state index in [9.17, 15) is 22.0 Å². The third kappa shape index (κ3) is 5.66. The van der Waals surface area contributed by atoms with Crippen LogP contribution in [0, 0.1) is 11.6 Å². The molecule has 4 nitrogen and oxygen atoms in total. The van der Waals surface area contributed by atoms with Gasteiger partial charge in [0.15, 0.2) is 16.8 Å². The number of nitrogens with zero attached hydrogens (tertiary/aromatic N) is 2. The summed E-state index contributed by atoms with van der Waals surface area (Å²) in [4.78, 5) is 9.54. The minimum Gasteiger partial charge on any atom is -0.360 e. The van der Waals surface area contributed by atoms with Gasteiger partial charge in [0.1, 0.15) is 0 Å². The van der Waals surface area contributed by atoms with Gasteiger partial charge in [0, 0.05) is 35.9 Å². The minimum absolute atomic E-state index is 0.300. The number of aromatic nitrogens is 2. The molecule has 0 unspecified atom stereocenters. The zero-order chi connectivity index (χ0) is 26.9. The Hall–Kier alpha value is -3.89. The van der Waals surface area contributed by atoms with Crippen molar-refractivity contribution in [3.63, 3.8) is 0 Å². The van der Waals surface area contributed by atoms with Crippen LogP contribution in [0.5, 0.6) is 0 Å². The van der Waals surface area contributed by atoms with Crippen molar-refractivity contribution < 1.29 is 22.0 Å². The van der Waals surface area contributed by atoms with Gasteiger partial charge in [-0.15, -0.1) is 0 Å². The van der Waals surface area contributed by atoms with Crippen molar-refractivity contribution in [3.8, 4) is 21.7 Å². The molecule has 2 aromatic heterocycles. The van der Waals surface area contributed by atoms with Gasteiger partial charge in [-0.25, -0.2) is 13.8 Å². The highest BCUT2D eigenvalue weighted by Gasteiger charge is 2.30. The molecule has 0 aliphatic rings. The molecule has 5 aromatic rings. The van der Waals surface area contributed by atoms with Crippen molar-refractivity contribution in [2.24, 2.45) is 5.73 Å². The van der Waals surface area contributed by atoms with Crippen molar-refractivity contribution in [1.29, 1.82) is 0 Å². The molecular formula is C28H21F5N4S. The second-order valence-corrected chi connectivity index (χ2v) is 9.80. The maximum Gasteiger partial charge on any atom is 0.416 e. The van der Waals surface area contributed by atoms with Gasteiger partial charge in [-0.3, -0.25) is 4.98 Å². The lowest BCUT2D eigenvalue weighted by Gasteiger charge is -2.13. The van der Waals surface area contributed by atoms with Gasteiger partial charge in [0.25, 0.3) is 0 Å². The maximum absolute atomic E-state index is 14.1. The first kappa shape index (κ1) is 25.7. The fourth-order valence-corrected chi connectivity index (χ4v) is 5.07. The third-order valence-electron chi connectivity index (χ3n) is 6.02. The van der Waals surface area contributed by atoms with Gasteiger partial charge in [0.05, 0.1) is 16.1 Å². The Bertz CT molecular complexity index is 1580. The predicted molar refractivity (Wildman–Crippen MR) is 140 cm³/mol. The summed E-state index contributed by atoms with van der Waals surface area (Å²) in [6.45, 7) is 0.300. The second-order valence-electron chi connectivity index (χ2n) is 8.80. The number of halogens is 5. The molecule has 2 heterocycles. The van der Waals surface area contributed by atoms with Gasteiger partial charge in [-0.2, -0.15) is 13.2 Å². The zero-order valence-corrected chi connectivity index (χ0v) is 20.6. The monoisotopic (exact) mass is 540 g/mol. The zero-order valence-electron chi connectivity index (χ0n) is 19.8. The number of thiazole rings is 1. The molecule has 0 saturated heterocycles. The lowest BCUT2D eigenvalue weighted by atomic mass is 10.0. The van der Waals surface area contributed by atoms with Crippen LogP contribution in [0.1, 0.15) is 11.1 Å². The van der Waals surface area contributed by atoms with Crippen molar-refractivity contribution in [3.05, 3.63) is 102 Å². The number of alkyl halides is 3. The molecule has 3 N–H and O–H groups in total. The van der Waals surface area contributed by atoms with E-state index in [0.717, 1.165) is 45.5 Å². The SMILES string of the molecule is N[C@@H](CNc1nc(-c2ccc(F)c(F)c2)c(-c2ccc3cnccc3c2)s1)Cc1ccc(C(F)(F)F)cc1. The first-order valence-corrected chi connectivity index (χ1v) is 12.4. The van der Waals surface area contributed by atoms with Crippen molar-refractivity contribution in [2.45, 2.75) is 18.6 Å². The number of nitrogens with one attached hydrogen (secondary N) is 1. The lowest BCUT2D eigenvalue weighted by Crippen LogP contribution is -2.31. The van der Waals surface area contributed by atoms with Crippen LogP contribution in [0.25, 0.3) is 32.5 Å². The van der Waals surface area contributed by atoms with E-state index < -0.39 is 29.4 Å². The van der Waals surface area contributed by atoms with Crippen LogP contribution >= 0.6 is 11.3 Å². The van der Waals surface area contributed by atoms with E-state index in [2.05, 4.69) is 15.3 Å². The molecule has 10 heteroatoms. The smallest absolute Gasteiger partial charge is 0.360 e. The van der Waals surface area contributed by atoms with Crippen LogP contribution in [0.3, 0.4) is 0 Å². The summed E-state index contributed by atoms with van der Waals surface area (Å²) >= 11 is 1.34. The molecule has 0 amide bonds. The number of pyridine rings is 1. The van der Waals surface area contributed by atoms with Crippen molar-refractivity contribution in [2.75, 3.05) is 11.9 Å². The van der Waals surface area contributed by atoms with E-state index in [1.54, 1.807) is 12.4 Å². The quantitative estimate of drug-likeness (QED) is 0.213. The Morgan fingerprint density at radius 1 is 0.868 bits per heavy atom. The van der Waals surface area contributed by atoms with E-state index in [-0.39, 0.29) is 0 Å². The highest BCUT2D eigenvalue weighted by molar-refractivity contribution is 7.19. The predicted octanol–water partition coefficient (Wildman–Crippen LogP) is 7.30. The topological polar surface area (TPSA) is 63.8 Å². The highest BCUT2D eigenvalue weighted by atomic mass is 32.1. The Morgan fingerprint density at radius 2 is 1.63 bits per heavy atom. The number of nitrogens with two attached hydrogens (primary N) is 1. The fourth-order valence-electron chi connectivity index (χ4n) is 4.08. The molecule has 1 atom stereocenters. The van der Waals surface area contributed by atoms with Gasteiger partial charge in [-0.05, 0) is 65.4 Å². The number of fused-ring (bicyclic) bond motifs is 1. The molecule has 5 rings (SSSR count). The molecule has 194 valence electrons. The summed E-state index contributed by atoms with van der Waals surface area (Å²) in [7, 11) is 0. The first-order chi connectivity index (χ1) is 18.2. The van der Waals surface area contributed by atoms with Crippen LogP contribution in [0.2, 0.25) is 0 Å². The molecule has 38 heavy (non-hydrogen) atoms. The van der Waals surface area contributed by atoms with E-state index in [0.29, 0.717) is 34.9 Å².